The van der Waals surface area contributed by atoms with Crippen molar-refractivity contribution in [1.29, 1.82) is 0 Å². The molecule has 2 aliphatic rings. The molecule has 1 saturated heterocycles. The molecule has 5 nitrogen and oxygen atoms in total. The van der Waals surface area contributed by atoms with Crippen molar-refractivity contribution in [3.05, 3.63) is 46.7 Å². The molecule has 7 heteroatoms. The van der Waals surface area contributed by atoms with Gasteiger partial charge in [-0.15, -0.1) is 0 Å². The molecule has 0 bridgehead atoms. The molecule has 144 valence electrons. The fourth-order valence-corrected chi connectivity index (χ4v) is 6.06. The molecule has 1 aliphatic heterocycles. The normalized spacial score (nSPS) is 19.1. The van der Waals surface area contributed by atoms with Crippen LogP contribution in [0, 0.1) is 5.92 Å². The molecule has 1 aromatic carbocycles. The van der Waals surface area contributed by atoms with Crippen LogP contribution in [0.4, 0.5) is 0 Å². The zero-order valence-electron chi connectivity index (χ0n) is 15.1. The van der Waals surface area contributed by atoms with E-state index in [4.69, 9.17) is 0 Å². The summed E-state index contributed by atoms with van der Waals surface area (Å²) < 4.78 is 26.2. The highest BCUT2D eigenvalue weighted by Gasteiger charge is 2.41. The lowest BCUT2D eigenvalue weighted by atomic mass is 9.98. The Kier molecular flexibility index (Phi) is 5.34. The molecule has 1 saturated carbocycles. The Morgan fingerprint density at radius 3 is 2.33 bits per heavy atom. The molecule has 1 aromatic heterocycles. The second-order valence-corrected chi connectivity index (χ2v) is 10.4. The van der Waals surface area contributed by atoms with Gasteiger partial charge in [-0.1, -0.05) is 12.1 Å². The van der Waals surface area contributed by atoms with Crippen molar-refractivity contribution < 1.29 is 13.2 Å². The summed E-state index contributed by atoms with van der Waals surface area (Å²) in [6.07, 6.45) is 3.24. The highest BCUT2D eigenvalue weighted by atomic mass is 32.2. The number of benzene rings is 1. The van der Waals surface area contributed by atoms with Gasteiger partial charge >= 0.3 is 0 Å². The quantitative estimate of drug-likeness (QED) is 0.803. The van der Waals surface area contributed by atoms with Crippen LogP contribution in [0.15, 0.2) is 41.1 Å². The number of hydrogen-bond donors (Lipinski definition) is 1. The number of carbonyl (C=O) groups is 1. The molecular formula is C20H24N2O3S2. The van der Waals surface area contributed by atoms with Crippen LogP contribution in [0.1, 0.15) is 36.0 Å². The van der Waals surface area contributed by atoms with Crippen LogP contribution >= 0.6 is 11.3 Å². The summed E-state index contributed by atoms with van der Waals surface area (Å²) in [5.41, 5.74) is 2.93. The highest BCUT2D eigenvalue weighted by Crippen LogP contribution is 2.33. The van der Waals surface area contributed by atoms with Gasteiger partial charge in [-0.2, -0.15) is 11.3 Å². The lowest BCUT2D eigenvalue weighted by Gasteiger charge is -2.31. The van der Waals surface area contributed by atoms with Gasteiger partial charge in [-0.05, 0) is 71.7 Å². The Morgan fingerprint density at radius 2 is 1.74 bits per heavy atom. The van der Waals surface area contributed by atoms with Gasteiger partial charge in [-0.25, -0.2) is 12.7 Å². The van der Waals surface area contributed by atoms with Crippen LogP contribution in [-0.2, 0) is 10.0 Å². The van der Waals surface area contributed by atoms with E-state index in [1.54, 1.807) is 15.6 Å². The number of nitrogens with zero attached hydrogens (tertiary/aromatic N) is 1. The van der Waals surface area contributed by atoms with Crippen LogP contribution in [-0.4, -0.2) is 43.5 Å². The van der Waals surface area contributed by atoms with E-state index in [0.29, 0.717) is 31.1 Å². The fourth-order valence-electron chi connectivity index (χ4n) is 3.53. The molecule has 2 fully saturated rings. The first-order chi connectivity index (χ1) is 13.0. The summed E-state index contributed by atoms with van der Waals surface area (Å²) in [7, 11) is -3.06. The minimum absolute atomic E-state index is 0.0695. The van der Waals surface area contributed by atoms with Crippen molar-refractivity contribution in [2.24, 2.45) is 5.92 Å². The molecule has 2 aromatic rings. The van der Waals surface area contributed by atoms with E-state index in [0.717, 1.165) is 31.2 Å². The maximum Gasteiger partial charge on any atom is 0.251 e. The fraction of sp³-hybridized carbons (Fsp3) is 0.450. The number of carbonyl (C=O) groups excluding carboxylic acids is 1. The minimum Gasteiger partial charge on any atom is -0.352 e. The molecule has 0 spiro atoms. The standard InChI is InChI=1S/C20H24N2O3S2/c23-20(17-3-1-16(2-4-17)18-9-12-26-14-18)21-13-15-7-10-22(11-8-15)27(24,25)19-5-6-19/h1-4,9,12,14-15,19H,5-8,10-11,13H2,(H,21,23). The number of hydrogen-bond acceptors (Lipinski definition) is 4. The van der Waals surface area contributed by atoms with Gasteiger partial charge in [0.2, 0.25) is 10.0 Å². The zero-order chi connectivity index (χ0) is 18.9. The lowest BCUT2D eigenvalue weighted by molar-refractivity contribution is 0.0941. The maximum atomic E-state index is 12.4. The lowest BCUT2D eigenvalue weighted by Crippen LogP contribution is -2.42. The third-order valence-electron chi connectivity index (χ3n) is 5.43. The van der Waals surface area contributed by atoms with E-state index in [1.165, 1.54) is 5.56 Å². The minimum atomic E-state index is -3.06. The average Bonchev–Trinajstić information content (AvgIpc) is 3.43. The van der Waals surface area contributed by atoms with E-state index in [2.05, 4.69) is 16.8 Å². The average molecular weight is 405 g/mol. The van der Waals surface area contributed by atoms with Crippen LogP contribution in [0.25, 0.3) is 11.1 Å². The highest BCUT2D eigenvalue weighted by molar-refractivity contribution is 7.90. The van der Waals surface area contributed by atoms with Gasteiger partial charge in [0.15, 0.2) is 0 Å². The van der Waals surface area contributed by atoms with Crippen molar-refractivity contribution in [3.8, 4) is 11.1 Å². The van der Waals surface area contributed by atoms with Crippen LogP contribution < -0.4 is 5.32 Å². The summed E-state index contributed by atoms with van der Waals surface area (Å²) in [6, 6.07) is 9.71. The van der Waals surface area contributed by atoms with Gasteiger partial charge in [0.25, 0.3) is 5.91 Å². The van der Waals surface area contributed by atoms with Crippen molar-refractivity contribution in [3.63, 3.8) is 0 Å². The summed E-state index contributed by atoms with van der Waals surface area (Å²) in [5, 5.41) is 7.00. The summed E-state index contributed by atoms with van der Waals surface area (Å²) >= 11 is 1.65. The number of piperidine rings is 1. The van der Waals surface area contributed by atoms with E-state index in [1.807, 2.05) is 29.6 Å². The van der Waals surface area contributed by atoms with Crippen LogP contribution in [0.2, 0.25) is 0 Å². The Labute approximate surface area is 164 Å². The smallest absolute Gasteiger partial charge is 0.251 e. The number of nitrogens with one attached hydrogen (secondary N) is 1. The third-order valence-corrected chi connectivity index (χ3v) is 8.51. The van der Waals surface area contributed by atoms with E-state index >= 15 is 0 Å². The molecule has 1 amide bonds. The molecule has 0 unspecified atom stereocenters. The first-order valence-corrected chi connectivity index (χ1v) is 11.9. The SMILES string of the molecule is O=C(NCC1CCN(S(=O)(=O)C2CC2)CC1)c1ccc(-c2ccsc2)cc1. The van der Waals surface area contributed by atoms with E-state index in [9.17, 15) is 13.2 Å². The topological polar surface area (TPSA) is 66.5 Å². The molecule has 1 aliphatic carbocycles. The van der Waals surface area contributed by atoms with Crippen LogP contribution in [0.5, 0.6) is 0 Å². The van der Waals surface area contributed by atoms with Gasteiger partial charge in [-0.3, -0.25) is 4.79 Å². The van der Waals surface area contributed by atoms with Crippen molar-refractivity contribution in [1.82, 2.24) is 9.62 Å². The van der Waals surface area contributed by atoms with Gasteiger partial charge in [0.05, 0.1) is 5.25 Å². The predicted octanol–water partition coefficient (Wildman–Crippen LogP) is 3.35. The van der Waals surface area contributed by atoms with Gasteiger partial charge < -0.3 is 5.32 Å². The number of sulfonamides is 1. The first-order valence-electron chi connectivity index (χ1n) is 9.44. The molecular weight excluding hydrogens is 380 g/mol. The Balaban J connectivity index is 1.26. The number of thiophene rings is 1. The summed E-state index contributed by atoms with van der Waals surface area (Å²) in [5.74, 6) is 0.268. The number of amides is 1. The summed E-state index contributed by atoms with van der Waals surface area (Å²) in [6.45, 7) is 1.76. The zero-order valence-corrected chi connectivity index (χ0v) is 16.8. The molecule has 1 N–H and O–H groups in total. The molecule has 2 heterocycles. The van der Waals surface area contributed by atoms with E-state index < -0.39 is 10.0 Å². The number of rotatable bonds is 6. The Hall–Kier alpha value is -1.70. The van der Waals surface area contributed by atoms with Crippen molar-refractivity contribution in [2.75, 3.05) is 19.6 Å². The molecule has 4 rings (SSSR count). The first kappa shape index (κ1) is 18.7. The molecule has 0 atom stereocenters. The van der Waals surface area contributed by atoms with Gasteiger partial charge in [0.1, 0.15) is 0 Å². The van der Waals surface area contributed by atoms with Crippen molar-refractivity contribution >= 4 is 27.3 Å². The van der Waals surface area contributed by atoms with Crippen molar-refractivity contribution in [2.45, 2.75) is 30.9 Å². The van der Waals surface area contributed by atoms with E-state index in [-0.39, 0.29) is 11.2 Å². The summed E-state index contributed by atoms with van der Waals surface area (Å²) in [4.78, 5) is 12.4. The second kappa shape index (κ2) is 7.73. The third kappa shape index (κ3) is 4.25. The Morgan fingerprint density at radius 1 is 1.04 bits per heavy atom. The predicted molar refractivity (Wildman–Crippen MR) is 108 cm³/mol. The maximum absolute atomic E-state index is 12.4. The monoisotopic (exact) mass is 404 g/mol. The molecule has 27 heavy (non-hydrogen) atoms. The molecule has 0 radical (unpaired) electrons. The Bertz CT molecular complexity index is 880. The second-order valence-electron chi connectivity index (χ2n) is 7.39. The van der Waals surface area contributed by atoms with Gasteiger partial charge in [0, 0.05) is 25.2 Å². The largest absolute Gasteiger partial charge is 0.352 e. The van der Waals surface area contributed by atoms with Crippen LogP contribution in [0.3, 0.4) is 0 Å².